The third-order valence-corrected chi connectivity index (χ3v) is 7.21. The number of carbonyl (C=O) groups excluding carboxylic acids is 1. The molecule has 0 spiro atoms. The zero-order valence-corrected chi connectivity index (χ0v) is 20.2. The number of fused-ring (bicyclic) bond motifs is 1. The molecule has 0 bridgehead atoms. The van der Waals surface area contributed by atoms with Gasteiger partial charge in [-0.25, -0.2) is 4.68 Å². The lowest BCUT2D eigenvalue weighted by molar-refractivity contribution is -0.120. The van der Waals surface area contributed by atoms with Crippen molar-refractivity contribution in [2.75, 3.05) is 11.9 Å². The topological polar surface area (TPSA) is 85.2 Å². The molecule has 0 aliphatic carbocycles. The molecule has 3 heterocycles. The summed E-state index contributed by atoms with van der Waals surface area (Å²) in [7, 11) is 0. The van der Waals surface area contributed by atoms with Gasteiger partial charge in [-0.1, -0.05) is 54.6 Å². The van der Waals surface area contributed by atoms with Crippen LogP contribution in [0.3, 0.4) is 0 Å². The van der Waals surface area contributed by atoms with Gasteiger partial charge in [-0.15, -0.1) is 5.10 Å². The number of anilines is 1. The molecule has 8 heteroatoms. The zero-order valence-electron chi connectivity index (χ0n) is 20.2. The van der Waals surface area contributed by atoms with Gasteiger partial charge in [0.2, 0.25) is 5.91 Å². The first-order valence-corrected chi connectivity index (χ1v) is 12.3. The monoisotopic (exact) mass is 480 g/mol. The summed E-state index contributed by atoms with van der Waals surface area (Å²) in [5.74, 6) is -0.0130. The molecule has 6 rings (SSSR count). The molecule has 0 saturated carbocycles. The largest absolute Gasteiger partial charge is 0.372 e. The van der Waals surface area contributed by atoms with Crippen LogP contribution in [0, 0.1) is 6.92 Å². The third-order valence-electron chi connectivity index (χ3n) is 7.21. The smallest absolute Gasteiger partial charge is 0.241 e. The first kappa shape index (κ1) is 22.6. The Labute approximate surface area is 209 Å². The SMILES string of the molecule is Cc1ccccc1-c1ccc(CN2C[C@H](n3cnnn3)C[C@H]2C(=O)Nc2ccc3c(c2)COC3)cc1. The van der Waals surface area contributed by atoms with E-state index in [2.05, 4.69) is 81.2 Å². The number of hydrogen-bond donors (Lipinski definition) is 1. The van der Waals surface area contributed by atoms with Gasteiger partial charge in [0.15, 0.2) is 0 Å². The molecule has 1 amide bonds. The fourth-order valence-corrected chi connectivity index (χ4v) is 5.25. The second-order valence-corrected chi connectivity index (χ2v) is 9.60. The van der Waals surface area contributed by atoms with E-state index < -0.39 is 0 Å². The number of carbonyl (C=O) groups is 1. The number of nitrogens with one attached hydrogen (secondary N) is 1. The minimum Gasteiger partial charge on any atom is -0.372 e. The van der Waals surface area contributed by atoms with Crippen molar-refractivity contribution in [3.63, 3.8) is 0 Å². The molecular formula is C28H28N6O2. The quantitative estimate of drug-likeness (QED) is 0.447. The highest BCUT2D eigenvalue weighted by atomic mass is 16.5. The first-order valence-electron chi connectivity index (χ1n) is 12.3. The molecule has 2 atom stereocenters. The fourth-order valence-electron chi connectivity index (χ4n) is 5.25. The number of amides is 1. The van der Waals surface area contributed by atoms with Crippen LogP contribution in [0.2, 0.25) is 0 Å². The molecule has 1 saturated heterocycles. The lowest BCUT2D eigenvalue weighted by Crippen LogP contribution is -2.39. The number of aromatic nitrogens is 4. The van der Waals surface area contributed by atoms with E-state index >= 15 is 0 Å². The third kappa shape index (κ3) is 4.53. The highest BCUT2D eigenvalue weighted by Crippen LogP contribution is 2.31. The van der Waals surface area contributed by atoms with Crippen LogP contribution >= 0.6 is 0 Å². The summed E-state index contributed by atoms with van der Waals surface area (Å²) in [6.07, 6.45) is 2.27. The van der Waals surface area contributed by atoms with Crippen molar-refractivity contribution in [3.8, 4) is 11.1 Å². The Hall–Kier alpha value is -3.88. The zero-order chi connectivity index (χ0) is 24.5. The summed E-state index contributed by atoms with van der Waals surface area (Å²) in [5.41, 5.74) is 7.97. The molecule has 8 nitrogen and oxygen atoms in total. The van der Waals surface area contributed by atoms with Crippen LogP contribution in [0.5, 0.6) is 0 Å². The summed E-state index contributed by atoms with van der Waals surface area (Å²) in [5, 5.41) is 14.8. The highest BCUT2D eigenvalue weighted by Gasteiger charge is 2.38. The van der Waals surface area contributed by atoms with Gasteiger partial charge in [-0.3, -0.25) is 9.69 Å². The Morgan fingerprint density at radius 1 is 1.06 bits per heavy atom. The number of nitrogens with zero attached hydrogens (tertiary/aromatic N) is 5. The van der Waals surface area contributed by atoms with E-state index in [9.17, 15) is 4.79 Å². The highest BCUT2D eigenvalue weighted by molar-refractivity contribution is 5.95. The van der Waals surface area contributed by atoms with E-state index in [-0.39, 0.29) is 18.0 Å². The molecule has 36 heavy (non-hydrogen) atoms. The summed E-state index contributed by atoms with van der Waals surface area (Å²) in [4.78, 5) is 15.7. The first-order chi connectivity index (χ1) is 17.6. The van der Waals surface area contributed by atoms with Crippen molar-refractivity contribution in [1.29, 1.82) is 0 Å². The number of ether oxygens (including phenoxy) is 1. The average molecular weight is 481 g/mol. The standard InChI is InChI=1S/C28H28N6O2/c1-19-4-2-3-5-26(19)21-8-6-20(7-9-21)14-33-15-25(34-18-29-31-32-34)13-27(33)28(35)30-24-11-10-22-16-36-17-23(22)12-24/h2-12,18,25,27H,13-17H2,1H3,(H,30,35)/t25-,27+/m1/s1. The summed E-state index contributed by atoms with van der Waals surface area (Å²) in [6, 6.07) is 22.8. The van der Waals surface area contributed by atoms with Crippen molar-refractivity contribution < 1.29 is 9.53 Å². The lowest BCUT2D eigenvalue weighted by atomic mass is 9.99. The minimum atomic E-state index is -0.292. The van der Waals surface area contributed by atoms with Crippen LogP contribution in [-0.4, -0.2) is 43.6 Å². The van der Waals surface area contributed by atoms with Crippen LogP contribution in [0.25, 0.3) is 11.1 Å². The van der Waals surface area contributed by atoms with Gasteiger partial charge < -0.3 is 10.1 Å². The number of aryl methyl sites for hydroxylation is 1. The molecule has 2 aliphatic heterocycles. The number of rotatable bonds is 6. The Balaban J connectivity index is 1.21. The predicted octanol–water partition coefficient (Wildman–Crippen LogP) is 4.13. The van der Waals surface area contributed by atoms with Gasteiger partial charge in [0.05, 0.1) is 25.3 Å². The molecule has 4 aromatic rings. The van der Waals surface area contributed by atoms with E-state index in [4.69, 9.17) is 4.74 Å². The molecule has 1 aromatic heterocycles. The van der Waals surface area contributed by atoms with Gasteiger partial charge >= 0.3 is 0 Å². The maximum absolute atomic E-state index is 13.5. The molecule has 3 aromatic carbocycles. The second kappa shape index (κ2) is 9.64. The predicted molar refractivity (Wildman–Crippen MR) is 136 cm³/mol. The van der Waals surface area contributed by atoms with Crippen molar-refractivity contribution >= 4 is 11.6 Å². The normalized spacial score (nSPS) is 19.4. The van der Waals surface area contributed by atoms with Crippen molar-refractivity contribution in [2.45, 2.75) is 45.2 Å². The Kier molecular flexibility index (Phi) is 6.04. The molecule has 0 radical (unpaired) electrons. The number of benzene rings is 3. The number of tetrazole rings is 1. The molecule has 1 fully saturated rings. The molecule has 182 valence electrons. The fraction of sp³-hybridized carbons (Fsp3) is 0.286. The second-order valence-electron chi connectivity index (χ2n) is 9.60. The number of likely N-dealkylation sites (tertiary alicyclic amines) is 1. The van der Waals surface area contributed by atoms with E-state index in [1.807, 2.05) is 18.2 Å². The van der Waals surface area contributed by atoms with Gasteiger partial charge in [0, 0.05) is 18.8 Å². The van der Waals surface area contributed by atoms with Gasteiger partial charge in [0.1, 0.15) is 6.33 Å². The van der Waals surface area contributed by atoms with Crippen molar-refractivity contribution in [1.82, 2.24) is 25.1 Å². The number of hydrogen-bond acceptors (Lipinski definition) is 6. The summed E-state index contributed by atoms with van der Waals surface area (Å²) < 4.78 is 7.27. The maximum Gasteiger partial charge on any atom is 0.241 e. The van der Waals surface area contributed by atoms with Crippen LogP contribution in [0.15, 0.2) is 73.1 Å². The van der Waals surface area contributed by atoms with Gasteiger partial charge in [-0.05, 0) is 69.3 Å². The summed E-state index contributed by atoms with van der Waals surface area (Å²) in [6.45, 7) is 4.72. The van der Waals surface area contributed by atoms with E-state index in [0.717, 1.165) is 16.8 Å². The van der Waals surface area contributed by atoms with Crippen LogP contribution in [0.4, 0.5) is 5.69 Å². The minimum absolute atomic E-state index is 0.0130. The Morgan fingerprint density at radius 3 is 2.69 bits per heavy atom. The van der Waals surface area contributed by atoms with Gasteiger partial charge in [-0.2, -0.15) is 0 Å². The van der Waals surface area contributed by atoms with E-state index in [1.54, 1.807) is 11.0 Å². The van der Waals surface area contributed by atoms with Crippen LogP contribution < -0.4 is 5.32 Å². The molecule has 1 N–H and O–H groups in total. The van der Waals surface area contributed by atoms with E-state index in [1.165, 1.54) is 22.3 Å². The summed E-state index contributed by atoms with van der Waals surface area (Å²) >= 11 is 0. The molecule has 0 unspecified atom stereocenters. The maximum atomic E-state index is 13.5. The van der Waals surface area contributed by atoms with E-state index in [0.29, 0.717) is 32.7 Å². The lowest BCUT2D eigenvalue weighted by Gasteiger charge is -2.24. The Morgan fingerprint density at radius 2 is 1.89 bits per heavy atom. The van der Waals surface area contributed by atoms with Gasteiger partial charge in [0.25, 0.3) is 0 Å². The molecular weight excluding hydrogens is 452 g/mol. The van der Waals surface area contributed by atoms with Crippen molar-refractivity contribution in [3.05, 3.63) is 95.3 Å². The van der Waals surface area contributed by atoms with Crippen LogP contribution in [-0.2, 0) is 29.3 Å². The Bertz CT molecular complexity index is 1370. The molecule has 2 aliphatic rings. The van der Waals surface area contributed by atoms with Crippen LogP contribution in [0.1, 0.15) is 34.7 Å². The average Bonchev–Trinajstić information content (AvgIpc) is 3.66. The van der Waals surface area contributed by atoms with Crippen molar-refractivity contribution in [2.24, 2.45) is 0 Å².